The minimum Gasteiger partial charge on any atom is -0.493 e. The van der Waals surface area contributed by atoms with Gasteiger partial charge in [-0.2, -0.15) is 0 Å². The molecule has 19 heavy (non-hydrogen) atoms. The van der Waals surface area contributed by atoms with Crippen LogP contribution in [-0.4, -0.2) is 18.1 Å². The molecule has 1 aromatic rings. The molecule has 1 N–H and O–H groups in total. The number of nitrogens with one attached hydrogen (secondary N) is 1. The number of ether oxygens (including phenoxy) is 1. The van der Waals surface area contributed by atoms with Gasteiger partial charge in [-0.05, 0) is 51.8 Å². The molecule has 0 fully saturated rings. The Morgan fingerprint density at radius 3 is 2.58 bits per heavy atom. The van der Waals surface area contributed by atoms with Crippen LogP contribution < -0.4 is 10.2 Å². The highest BCUT2D eigenvalue weighted by atomic mass is 16.7. The molecule has 1 rings (SSSR count). The molecule has 0 spiro atoms. The molecule has 0 aromatic heterocycles. The van der Waals surface area contributed by atoms with E-state index in [2.05, 4.69) is 5.48 Å². The average Bonchev–Trinajstić information content (AvgIpc) is 2.30. The summed E-state index contributed by atoms with van der Waals surface area (Å²) in [7, 11) is 0. The van der Waals surface area contributed by atoms with Gasteiger partial charge in [0.25, 0.3) is 0 Å². The molecule has 0 saturated heterocycles. The number of hydrogen-bond acceptors (Lipinski definition) is 3. The van der Waals surface area contributed by atoms with Gasteiger partial charge in [0.1, 0.15) is 5.75 Å². The van der Waals surface area contributed by atoms with Gasteiger partial charge in [-0.1, -0.05) is 12.1 Å². The van der Waals surface area contributed by atoms with Gasteiger partial charge in [-0.15, -0.1) is 0 Å². The van der Waals surface area contributed by atoms with Gasteiger partial charge >= 0.3 is 0 Å². The van der Waals surface area contributed by atoms with Gasteiger partial charge < -0.3 is 4.74 Å². The minimum atomic E-state index is -0.385. The molecule has 0 radical (unpaired) electrons. The van der Waals surface area contributed by atoms with E-state index in [0.29, 0.717) is 6.61 Å². The molecule has 106 valence electrons. The highest BCUT2D eigenvalue weighted by Gasteiger charge is 2.12. The number of aryl methyl sites for hydroxylation is 2. The van der Waals surface area contributed by atoms with E-state index in [9.17, 15) is 4.79 Å². The zero-order valence-corrected chi connectivity index (χ0v) is 12.4. The number of benzene rings is 1. The van der Waals surface area contributed by atoms with Crippen LogP contribution >= 0.6 is 0 Å². The molecule has 4 nitrogen and oxygen atoms in total. The zero-order chi connectivity index (χ0) is 14.5. The summed E-state index contributed by atoms with van der Waals surface area (Å²) in [6.07, 6.45) is 0.267. The van der Waals surface area contributed by atoms with E-state index in [1.807, 2.05) is 52.8 Å². The maximum Gasteiger partial charge on any atom is 0.246 e. The van der Waals surface area contributed by atoms with E-state index >= 15 is 0 Å². The summed E-state index contributed by atoms with van der Waals surface area (Å²) in [4.78, 5) is 16.7. The molecule has 0 atom stereocenters. The second-order valence-corrected chi connectivity index (χ2v) is 5.61. The Bertz CT molecular complexity index is 436. The maximum atomic E-state index is 11.5. The van der Waals surface area contributed by atoms with E-state index < -0.39 is 0 Å². The molecular weight excluding hydrogens is 242 g/mol. The van der Waals surface area contributed by atoms with Crippen molar-refractivity contribution < 1.29 is 14.4 Å². The number of rotatable bonds is 5. The first kappa shape index (κ1) is 15.5. The summed E-state index contributed by atoms with van der Waals surface area (Å²) in [6, 6.07) is 6.01. The van der Waals surface area contributed by atoms with Gasteiger partial charge in [0, 0.05) is 0 Å². The van der Waals surface area contributed by atoms with Crippen molar-refractivity contribution in [1.29, 1.82) is 0 Å². The van der Waals surface area contributed by atoms with Crippen LogP contribution in [0.1, 0.15) is 38.3 Å². The van der Waals surface area contributed by atoms with Crippen LogP contribution in [0, 0.1) is 13.8 Å². The normalized spacial score (nSPS) is 11.2. The molecule has 4 heteroatoms. The van der Waals surface area contributed by atoms with E-state index in [-0.39, 0.29) is 17.9 Å². The molecule has 0 aliphatic rings. The molecule has 0 unspecified atom stereocenters. The Morgan fingerprint density at radius 1 is 1.26 bits per heavy atom. The van der Waals surface area contributed by atoms with Crippen molar-refractivity contribution in [3.8, 4) is 5.75 Å². The third kappa shape index (κ3) is 6.25. The van der Waals surface area contributed by atoms with Gasteiger partial charge in [0.2, 0.25) is 5.91 Å². The zero-order valence-electron chi connectivity index (χ0n) is 12.4. The Balaban J connectivity index is 2.34. The molecule has 0 bridgehead atoms. The Kier molecular flexibility index (Phi) is 5.36. The third-order valence-electron chi connectivity index (χ3n) is 2.40. The van der Waals surface area contributed by atoms with Gasteiger partial charge in [0.05, 0.1) is 18.6 Å². The Morgan fingerprint density at radius 2 is 1.95 bits per heavy atom. The highest BCUT2D eigenvalue weighted by Crippen LogP contribution is 2.19. The smallest absolute Gasteiger partial charge is 0.246 e. The molecule has 0 aliphatic carbocycles. The van der Waals surface area contributed by atoms with Gasteiger partial charge in [0.15, 0.2) is 0 Å². The number of amides is 1. The van der Waals surface area contributed by atoms with E-state index in [1.165, 1.54) is 0 Å². The fourth-order valence-electron chi connectivity index (χ4n) is 1.38. The van der Waals surface area contributed by atoms with E-state index in [0.717, 1.165) is 16.9 Å². The van der Waals surface area contributed by atoms with Crippen LogP contribution in [0.15, 0.2) is 18.2 Å². The van der Waals surface area contributed by atoms with Crippen molar-refractivity contribution in [2.24, 2.45) is 0 Å². The quantitative estimate of drug-likeness (QED) is 0.833. The van der Waals surface area contributed by atoms with Gasteiger partial charge in [-0.25, -0.2) is 5.48 Å². The SMILES string of the molecule is Cc1ccc(C)c(OCCC(=O)NOC(C)(C)C)c1. The van der Waals surface area contributed by atoms with Crippen molar-refractivity contribution in [2.75, 3.05) is 6.61 Å². The first-order valence-corrected chi connectivity index (χ1v) is 6.45. The molecule has 0 saturated carbocycles. The van der Waals surface area contributed by atoms with Crippen molar-refractivity contribution in [3.05, 3.63) is 29.3 Å². The predicted molar refractivity (Wildman–Crippen MR) is 75.0 cm³/mol. The first-order valence-electron chi connectivity index (χ1n) is 6.45. The lowest BCUT2D eigenvalue weighted by Crippen LogP contribution is -2.34. The summed E-state index contributed by atoms with van der Waals surface area (Å²) in [5, 5.41) is 0. The van der Waals surface area contributed by atoms with Crippen LogP contribution in [0.2, 0.25) is 0 Å². The second-order valence-electron chi connectivity index (χ2n) is 5.61. The fourth-order valence-corrected chi connectivity index (χ4v) is 1.38. The summed E-state index contributed by atoms with van der Waals surface area (Å²) in [6.45, 7) is 9.96. The lowest BCUT2D eigenvalue weighted by Gasteiger charge is -2.19. The third-order valence-corrected chi connectivity index (χ3v) is 2.40. The second kappa shape index (κ2) is 6.57. The molecule has 0 aliphatic heterocycles. The molecule has 1 amide bonds. The lowest BCUT2D eigenvalue weighted by atomic mass is 10.1. The van der Waals surface area contributed by atoms with Crippen LogP contribution in [0.3, 0.4) is 0 Å². The van der Waals surface area contributed by atoms with E-state index in [1.54, 1.807) is 0 Å². The summed E-state index contributed by atoms with van der Waals surface area (Å²) < 4.78 is 5.60. The lowest BCUT2D eigenvalue weighted by molar-refractivity contribution is -0.146. The highest BCUT2D eigenvalue weighted by molar-refractivity contribution is 5.74. The molecular formula is C15H23NO3. The van der Waals surface area contributed by atoms with Crippen molar-refractivity contribution in [2.45, 2.75) is 46.6 Å². The first-order chi connectivity index (χ1) is 8.78. The fraction of sp³-hybridized carbons (Fsp3) is 0.533. The van der Waals surface area contributed by atoms with Crippen molar-refractivity contribution in [1.82, 2.24) is 5.48 Å². The largest absolute Gasteiger partial charge is 0.493 e. The van der Waals surface area contributed by atoms with Crippen LogP contribution in [-0.2, 0) is 9.63 Å². The number of hydrogen-bond donors (Lipinski definition) is 1. The monoisotopic (exact) mass is 265 g/mol. The maximum absolute atomic E-state index is 11.5. The van der Waals surface area contributed by atoms with E-state index in [4.69, 9.17) is 9.57 Å². The van der Waals surface area contributed by atoms with Crippen LogP contribution in [0.5, 0.6) is 5.75 Å². The Hall–Kier alpha value is -1.55. The van der Waals surface area contributed by atoms with Crippen molar-refractivity contribution in [3.63, 3.8) is 0 Å². The van der Waals surface area contributed by atoms with Gasteiger partial charge in [-0.3, -0.25) is 9.63 Å². The van der Waals surface area contributed by atoms with Crippen LogP contribution in [0.25, 0.3) is 0 Å². The predicted octanol–water partition coefficient (Wildman–Crippen LogP) is 2.92. The van der Waals surface area contributed by atoms with Crippen LogP contribution in [0.4, 0.5) is 0 Å². The number of hydroxylamine groups is 1. The number of carbonyl (C=O) groups is 1. The molecule has 0 heterocycles. The summed E-state index contributed by atoms with van der Waals surface area (Å²) in [5.41, 5.74) is 4.24. The molecule has 1 aromatic carbocycles. The topological polar surface area (TPSA) is 47.6 Å². The number of carbonyl (C=O) groups excluding carboxylic acids is 1. The Labute approximate surface area is 115 Å². The summed E-state index contributed by atoms with van der Waals surface area (Å²) in [5.74, 6) is 0.643. The minimum absolute atomic E-state index is 0.180. The summed E-state index contributed by atoms with van der Waals surface area (Å²) >= 11 is 0. The average molecular weight is 265 g/mol. The van der Waals surface area contributed by atoms with Crippen molar-refractivity contribution >= 4 is 5.91 Å². The standard InChI is InChI=1S/C15H23NO3/c1-11-6-7-12(2)13(10-11)18-9-8-14(17)16-19-15(3,4)5/h6-7,10H,8-9H2,1-5H3,(H,16,17).